The molecule has 0 amide bonds. The first kappa shape index (κ1) is 14.0. The Kier molecular flexibility index (Phi) is 7.06. The van der Waals surface area contributed by atoms with Crippen molar-refractivity contribution in [3.8, 4) is 0 Å². The standard InChI is InChI=1S/C14H30N2/c1-4-8-13(3)11-15-12-14-9-6-7-10-16(14)5-2/h13-15H,4-12H2,1-3H3. The van der Waals surface area contributed by atoms with Gasteiger partial charge in [0.2, 0.25) is 0 Å². The van der Waals surface area contributed by atoms with Gasteiger partial charge < -0.3 is 5.32 Å². The number of piperidine rings is 1. The Balaban J connectivity index is 2.15. The van der Waals surface area contributed by atoms with Gasteiger partial charge in [0.25, 0.3) is 0 Å². The third kappa shape index (κ3) is 4.84. The quantitative estimate of drug-likeness (QED) is 0.718. The minimum Gasteiger partial charge on any atom is -0.315 e. The van der Waals surface area contributed by atoms with Crippen LogP contribution in [0.25, 0.3) is 0 Å². The predicted octanol–water partition coefficient (Wildman–Crippen LogP) is 2.89. The summed E-state index contributed by atoms with van der Waals surface area (Å²) in [5.41, 5.74) is 0. The van der Waals surface area contributed by atoms with Crippen LogP contribution in [0.5, 0.6) is 0 Å². The third-order valence-corrected chi connectivity index (χ3v) is 3.81. The molecule has 1 aliphatic heterocycles. The van der Waals surface area contributed by atoms with Gasteiger partial charge in [0.15, 0.2) is 0 Å². The molecule has 0 spiro atoms. The molecule has 2 nitrogen and oxygen atoms in total. The fourth-order valence-corrected chi connectivity index (χ4v) is 2.80. The van der Waals surface area contributed by atoms with E-state index in [-0.39, 0.29) is 0 Å². The second-order valence-corrected chi connectivity index (χ2v) is 5.33. The highest BCUT2D eigenvalue weighted by molar-refractivity contribution is 4.78. The van der Waals surface area contributed by atoms with Crippen LogP contribution < -0.4 is 5.32 Å². The molecule has 1 rings (SSSR count). The topological polar surface area (TPSA) is 15.3 Å². The maximum Gasteiger partial charge on any atom is 0.0220 e. The molecule has 0 radical (unpaired) electrons. The van der Waals surface area contributed by atoms with Gasteiger partial charge in [-0.1, -0.05) is 33.6 Å². The van der Waals surface area contributed by atoms with Crippen LogP contribution in [0, 0.1) is 5.92 Å². The Labute approximate surface area is 102 Å². The average Bonchev–Trinajstić information content (AvgIpc) is 2.30. The van der Waals surface area contributed by atoms with E-state index in [0.717, 1.165) is 12.0 Å². The van der Waals surface area contributed by atoms with Gasteiger partial charge in [0.1, 0.15) is 0 Å². The summed E-state index contributed by atoms with van der Waals surface area (Å²) in [4.78, 5) is 2.64. The van der Waals surface area contributed by atoms with Crippen LogP contribution in [0.2, 0.25) is 0 Å². The molecule has 0 aromatic heterocycles. The van der Waals surface area contributed by atoms with Crippen LogP contribution in [-0.2, 0) is 0 Å². The van der Waals surface area contributed by atoms with E-state index in [1.165, 1.54) is 58.3 Å². The van der Waals surface area contributed by atoms with Crippen molar-refractivity contribution in [3.05, 3.63) is 0 Å². The second kappa shape index (κ2) is 8.08. The molecule has 0 aromatic carbocycles. The Bertz CT molecular complexity index is 170. The normalized spacial score (nSPS) is 24.6. The van der Waals surface area contributed by atoms with E-state index in [1.54, 1.807) is 0 Å². The highest BCUT2D eigenvalue weighted by Crippen LogP contribution is 2.15. The summed E-state index contributed by atoms with van der Waals surface area (Å²) in [5, 5.41) is 3.66. The lowest BCUT2D eigenvalue weighted by molar-refractivity contribution is 0.152. The van der Waals surface area contributed by atoms with Gasteiger partial charge >= 0.3 is 0 Å². The zero-order valence-corrected chi connectivity index (χ0v) is 11.5. The monoisotopic (exact) mass is 226 g/mol. The van der Waals surface area contributed by atoms with Gasteiger partial charge in [-0.3, -0.25) is 4.90 Å². The molecule has 0 saturated carbocycles. The van der Waals surface area contributed by atoms with E-state index in [1.807, 2.05) is 0 Å². The van der Waals surface area contributed by atoms with Crippen molar-refractivity contribution in [1.29, 1.82) is 0 Å². The van der Waals surface area contributed by atoms with Crippen LogP contribution >= 0.6 is 0 Å². The van der Waals surface area contributed by atoms with Gasteiger partial charge in [-0.15, -0.1) is 0 Å². The minimum absolute atomic E-state index is 0.799. The number of hydrogen-bond acceptors (Lipinski definition) is 2. The van der Waals surface area contributed by atoms with Crippen molar-refractivity contribution in [1.82, 2.24) is 10.2 Å². The zero-order chi connectivity index (χ0) is 11.8. The number of hydrogen-bond donors (Lipinski definition) is 1. The molecular formula is C14H30N2. The summed E-state index contributed by atoms with van der Waals surface area (Å²) in [6.07, 6.45) is 6.88. The molecule has 16 heavy (non-hydrogen) atoms. The van der Waals surface area contributed by atoms with E-state index in [9.17, 15) is 0 Å². The molecule has 2 unspecified atom stereocenters. The lowest BCUT2D eigenvalue weighted by atomic mass is 10.0. The van der Waals surface area contributed by atoms with E-state index < -0.39 is 0 Å². The molecule has 2 atom stereocenters. The SMILES string of the molecule is CCCC(C)CNCC1CCCCN1CC. The van der Waals surface area contributed by atoms with Gasteiger partial charge in [0.05, 0.1) is 0 Å². The summed E-state index contributed by atoms with van der Waals surface area (Å²) in [6, 6.07) is 0.799. The number of likely N-dealkylation sites (tertiary alicyclic amines) is 1. The van der Waals surface area contributed by atoms with E-state index in [0.29, 0.717) is 0 Å². The lowest BCUT2D eigenvalue weighted by Gasteiger charge is -2.35. The second-order valence-electron chi connectivity index (χ2n) is 5.33. The molecule has 96 valence electrons. The van der Waals surface area contributed by atoms with Crippen LogP contribution in [0.4, 0.5) is 0 Å². The first-order valence-corrected chi connectivity index (χ1v) is 7.22. The first-order chi connectivity index (χ1) is 7.77. The van der Waals surface area contributed by atoms with Crippen molar-refractivity contribution in [3.63, 3.8) is 0 Å². The highest BCUT2D eigenvalue weighted by atomic mass is 15.2. The largest absolute Gasteiger partial charge is 0.315 e. The molecule has 2 heteroatoms. The Hall–Kier alpha value is -0.0800. The van der Waals surface area contributed by atoms with Crippen LogP contribution in [0.15, 0.2) is 0 Å². The molecule has 1 fully saturated rings. The zero-order valence-electron chi connectivity index (χ0n) is 11.5. The fraction of sp³-hybridized carbons (Fsp3) is 1.00. The van der Waals surface area contributed by atoms with Crippen molar-refractivity contribution in [2.24, 2.45) is 5.92 Å². The lowest BCUT2D eigenvalue weighted by Crippen LogP contribution is -2.45. The summed E-state index contributed by atoms with van der Waals surface area (Å²) < 4.78 is 0. The third-order valence-electron chi connectivity index (χ3n) is 3.81. The summed E-state index contributed by atoms with van der Waals surface area (Å²) >= 11 is 0. The molecule has 0 bridgehead atoms. The van der Waals surface area contributed by atoms with Crippen molar-refractivity contribution >= 4 is 0 Å². The number of likely N-dealkylation sites (N-methyl/N-ethyl adjacent to an activating group) is 1. The molecule has 1 aliphatic rings. The summed E-state index contributed by atoms with van der Waals surface area (Å²) in [6.45, 7) is 11.8. The van der Waals surface area contributed by atoms with Gasteiger partial charge in [-0.25, -0.2) is 0 Å². The smallest absolute Gasteiger partial charge is 0.0220 e. The molecule has 0 aliphatic carbocycles. The highest BCUT2D eigenvalue weighted by Gasteiger charge is 2.20. The van der Waals surface area contributed by atoms with Gasteiger partial charge in [0, 0.05) is 12.6 Å². The van der Waals surface area contributed by atoms with E-state index in [4.69, 9.17) is 0 Å². The van der Waals surface area contributed by atoms with Crippen molar-refractivity contribution in [2.75, 3.05) is 26.2 Å². The average molecular weight is 226 g/mol. The molecule has 0 aromatic rings. The van der Waals surface area contributed by atoms with E-state index in [2.05, 4.69) is 31.0 Å². The Morgan fingerprint density at radius 1 is 1.31 bits per heavy atom. The summed E-state index contributed by atoms with van der Waals surface area (Å²) in [5.74, 6) is 0.837. The maximum atomic E-state index is 3.66. The Morgan fingerprint density at radius 3 is 2.81 bits per heavy atom. The van der Waals surface area contributed by atoms with Crippen molar-refractivity contribution < 1.29 is 0 Å². The van der Waals surface area contributed by atoms with Gasteiger partial charge in [-0.2, -0.15) is 0 Å². The number of nitrogens with one attached hydrogen (secondary N) is 1. The maximum absolute atomic E-state index is 3.66. The Morgan fingerprint density at radius 2 is 2.12 bits per heavy atom. The van der Waals surface area contributed by atoms with Crippen LogP contribution in [-0.4, -0.2) is 37.1 Å². The number of nitrogens with zero attached hydrogens (tertiary/aromatic N) is 1. The predicted molar refractivity (Wildman–Crippen MR) is 71.8 cm³/mol. The fourth-order valence-electron chi connectivity index (χ4n) is 2.80. The van der Waals surface area contributed by atoms with Gasteiger partial charge in [-0.05, 0) is 44.8 Å². The molecule has 1 saturated heterocycles. The number of rotatable bonds is 7. The molecule has 1 heterocycles. The summed E-state index contributed by atoms with van der Waals surface area (Å²) in [7, 11) is 0. The molecular weight excluding hydrogens is 196 g/mol. The van der Waals surface area contributed by atoms with Crippen LogP contribution in [0.1, 0.15) is 52.9 Å². The molecule has 1 N–H and O–H groups in total. The van der Waals surface area contributed by atoms with E-state index >= 15 is 0 Å². The minimum atomic E-state index is 0.799. The van der Waals surface area contributed by atoms with Crippen molar-refractivity contribution in [2.45, 2.75) is 58.9 Å². The van der Waals surface area contributed by atoms with Crippen LogP contribution in [0.3, 0.4) is 0 Å². The first-order valence-electron chi connectivity index (χ1n) is 7.22.